The number of rotatable bonds is 3. The second kappa shape index (κ2) is 4.78. The number of H-pyrrole nitrogens is 1. The molecule has 0 spiro atoms. The van der Waals surface area contributed by atoms with E-state index in [-0.39, 0.29) is 5.69 Å². The molecule has 17 heavy (non-hydrogen) atoms. The maximum absolute atomic E-state index is 11.6. The van der Waals surface area contributed by atoms with E-state index in [1.165, 1.54) is 0 Å². The van der Waals surface area contributed by atoms with E-state index in [2.05, 4.69) is 15.4 Å². The largest absolute Gasteiger partial charge is 0.461 e. The third-order valence-corrected chi connectivity index (χ3v) is 2.34. The van der Waals surface area contributed by atoms with Gasteiger partial charge < -0.3 is 4.74 Å². The Balaban J connectivity index is 2.36. The maximum atomic E-state index is 11.6. The average Bonchev–Trinajstić information content (AvgIpc) is 2.79. The first-order valence-electron chi connectivity index (χ1n) is 5.37. The van der Waals surface area contributed by atoms with Crippen molar-refractivity contribution >= 4 is 5.97 Å². The van der Waals surface area contributed by atoms with Crippen LogP contribution in [0.15, 0.2) is 24.3 Å². The van der Waals surface area contributed by atoms with Crippen molar-refractivity contribution in [2.75, 3.05) is 6.61 Å². The highest BCUT2D eigenvalue weighted by atomic mass is 16.5. The van der Waals surface area contributed by atoms with Crippen LogP contribution in [0.5, 0.6) is 0 Å². The van der Waals surface area contributed by atoms with Crippen LogP contribution in [0.2, 0.25) is 0 Å². The molecule has 88 valence electrons. The monoisotopic (exact) mass is 231 g/mol. The van der Waals surface area contributed by atoms with Crippen molar-refractivity contribution in [2.45, 2.75) is 13.8 Å². The minimum atomic E-state index is -0.461. The van der Waals surface area contributed by atoms with Crippen molar-refractivity contribution in [3.05, 3.63) is 35.5 Å². The minimum Gasteiger partial charge on any atom is -0.461 e. The second-order valence-corrected chi connectivity index (χ2v) is 3.61. The van der Waals surface area contributed by atoms with E-state index < -0.39 is 5.97 Å². The van der Waals surface area contributed by atoms with E-state index in [0.717, 1.165) is 11.1 Å². The maximum Gasteiger partial charge on any atom is 0.361 e. The Kier molecular flexibility index (Phi) is 3.18. The minimum absolute atomic E-state index is 0.218. The topological polar surface area (TPSA) is 67.9 Å². The highest BCUT2D eigenvalue weighted by Crippen LogP contribution is 2.20. The molecule has 2 rings (SSSR count). The molecule has 1 N–H and O–H groups in total. The Morgan fingerprint density at radius 3 is 2.65 bits per heavy atom. The van der Waals surface area contributed by atoms with Gasteiger partial charge in [-0.05, 0) is 13.8 Å². The Morgan fingerprint density at radius 2 is 2.00 bits per heavy atom. The van der Waals surface area contributed by atoms with Gasteiger partial charge in [0.25, 0.3) is 0 Å². The average molecular weight is 231 g/mol. The third-order valence-electron chi connectivity index (χ3n) is 2.34. The van der Waals surface area contributed by atoms with Crippen molar-refractivity contribution in [1.29, 1.82) is 0 Å². The van der Waals surface area contributed by atoms with Crippen LogP contribution in [0.3, 0.4) is 0 Å². The highest BCUT2D eigenvalue weighted by molar-refractivity contribution is 5.93. The molecule has 1 aromatic heterocycles. The number of carbonyl (C=O) groups excluding carboxylic acids is 1. The zero-order valence-corrected chi connectivity index (χ0v) is 9.73. The van der Waals surface area contributed by atoms with Gasteiger partial charge in [0.1, 0.15) is 5.69 Å². The summed E-state index contributed by atoms with van der Waals surface area (Å²) < 4.78 is 4.91. The summed E-state index contributed by atoms with van der Waals surface area (Å²) in [7, 11) is 0. The standard InChI is InChI=1S/C12H13N3O2/c1-3-17-12(16)11-10(13-15-14-11)9-6-4-8(2)5-7-9/h4-7H,3H2,1-2H3,(H,13,14,15). The van der Waals surface area contributed by atoms with Crippen molar-refractivity contribution < 1.29 is 9.53 Å². The summed E-state index contributed by atoms with van der Waals surface area (Å²) in [5, 5.41) is 10.3. The molecule has 0 saturated heterocycles. The molecule has 0 saturated carbocycles. The fourth-order valence-electron chi connectivity index (χ4n) is 1.49. The molecule has 1 aromatic carbocycles. The lowest BCUT2D eigenvalue weighted by Crippen LogP contribution is -2.06. The van der Waals surface area contributed by atoms with Crippen LogP contribution in [0.4, 0.5) is 0 Å². The summed E-state index contributed by atoms with van der Waals surface area (Å²) in [6.45, 7) is 4.07. The number of nitrogens with one attached hydrogen (secondary N) is 1. The van der Waals surface area contributed by atoms with Crippen molar-refractivity contribution in [3.8, 4) is 11.3 Å². The van der Waals surface area contributed by atoms with Gasteiger partial charge in [-0.1, -0.05) is 29.8 Å². The normalized spacial score (nSPS) is 10.2. The van der Waals surface area contributed by atoms with Gasteiger partial charge in [-0.15, -0.1) is 5.10 Å². The van der Waals surface area contributed by atoms with Gasteiger partial charge in [0.05, 0.1) is 6.61 Å². The van der Waals surface area contributed by atoms with E-state index in [9.17, 15) is 4.79 Å². The predicted octanol–water partition coefficient (Wildman–Crippen LogP) is 1.96. The number of esters is 1. The molecule has 0 fully saturated rings. The summed E-state index contributed by atoms with van der Waals surface area (Å²) in [5.74, 6) is -0.461. The zero-order chi connectivity index (χ0) is 12.3. The van der Waals surface area contributed by atoms with Crippen LogP contribution in [-0.4, -0.2) is 28.0 Å². The van der Waals surface area contributed by atoms with Crippen molar-refractivity contribution in [3.63, 3.8) is 0 Å². The quantitative estimate of drug-likeness (QED) is 0.820. The van der Waals surface area contributed by atoms with Gasteiger partial charge in [-0.25, -0.2) is 4.79 Å². The van der Waals surface area contributed by atoms with Crippen molar-refractivity contribution in [2.24, 2.45) is 0 Å². The van der Waals surface area contributed by atoms with Crippen LogP contribution in [0.1, 0.15) is 23.0 Å². The molecular formula is C12H13N3O2. The van der Waals surface area contributed by atoms with Crippen LogP contribution in [0, 0.1) is 6.92 Å². The molecule has 5 heteroatoms. The van der Waals surface area contributed by atoms with Gasteiger partial charge in [-0.2, -0.15) is 10.3 Å². The zero-order valence-electron chi connectivity index (χ0n) is 9.73. The molecule has 0 bridgehead atoms. The summed E-state index contributed by atoms with van der Waals surface area (Å²) >= 11 is 0. The van der Waals surface area contributed by atoms with Crippen molar-refractivity contribution in [1.82, 2.24) is 15.4 Å². The number of benzene rings is 1. The van der Waals surface area contributed by atoms with Gasteiger partial charge in [0.2, 0.25) is 0 Å². The van der Waals surface area contributed by atoms with Gasteiger partial charge in [0, 0.05) is 5.56 Å². The van der Waals surface area contributed by atoms with E-state index in [1.54, 1.807) is 6.92 Å². The first kappa shape index (κ1) is 11.3. The molecule has 0 atom stereocenters. The molecule has 0 aliphatic carbocycles. The number of ether oxygens (including phenoxy) is 1. The molecule has 0 radical (unpaired) electrons. The molecule has 0 aliphatic heterocycles. The lowest BCUT2D eigenvalue weighted by Gasteiger charge is -2.01. The fourth-order valence-corrected chi connectivity index (χ4v) is 1.49. The highest BCUT2D eigenvalue weighted by Gasteiger charge is 2.18. The molecule has 5 nitrogen and oxygen atoms in total. The number of aromatic amines is 1. The number of aryl methyl sites for hydroxylation is 1. The number of nitrogens with zero attached hydrogens (tertiary/aromatic N) is 2. The summed E-state index contributed by atoms with van der Waals surface area (Å²) in [5.41, 5.74) is 2.72. The molecular weight excluding hydrogens is 218 g/mol. The summed E-state index contributed by atoms with van der Waals surface area (Å²) in [4.78, 5) is 11.6. The van der Waals surface area contributed by atoms with Crippen LogP contribution < -0.4 is 0 Å². The third kappa shape index (κ3) is 2.33. The first-order chi connectivity index (χ1) is 8.22. The van der Waals surface area contributed by atoms with Crippen LogP contribution in [0.25, 0.3) is 11.3 Å². The lowest BCUT2D eigenvalue weighted by atomic mass is 10.1. The van der Waals surface area contributed by atoms with E-state index >= 15 is 0 Å². The molecule has 0 aliphatic rings. The summed E-state index contributed by atoms with van der Waals surface area (Å²) in [6, 6.07) is 7.71. The Bertz CT molecular complexity index is 517. The molecule has 0 amide bonds. The Morgan fingerprint density at radius 1 is 1.29 bits per heavy atom. The van der Waals surface area contributed by atoms with Crippen LogP contribution >= 0.6 is 0 Å². The van der Waals surface area contributed by atoms with Crippen LogP contribution in [-0.2, 0) is 4.74 Å². The number of hydrogen-bond donors (Lipinski definition) is 1. The number of hydrogen-bond acceptors (Lipinski definition) is 4. The molecule has 0 unspecified atom stereocenters. The number of aromatic nitrogens is 3. The van der Waals surface area contributed by atoms with E-state index in [4.69, 9.17) is 4.74 Å². The molecule has 2 aromatic rings. The molecule has 1 heterocycles. The number of carbonyl (C=O) groups is 1. The van der Waals surface area contributed by atoms with Gasteiger partial charge in [-0.3, -0.25) is 0 Å². The van der Waals surface area contributed by atoms with Gasteiger partial charge >= 0.3 is 5.97 Å². The SMILES string of the molecule is CCOC(=O)c1n[nH]nc1-c1ccc(C)cc1. The smallest absolute Gasteiger partial charge is 0.361 e. The van der Waals surface area contributed by atoms with Gasteiger partial charge in [0.15, 0.2) is 5.69 Å². The second-order valence-electron chi connectivity index (χ2n) is 3.61. The first-order valence-corrected chi connectivity index (χ1v) is 5.37. The Labute approximate surface area is 98.8 Å². The fraction of sp³-hybridized carbons (Fsp3) is 0.250. The summed E-state index contributed by atoms with van der Waals surface area (Å²) in [6.07, 6.45) is 0. The van der Waals surface area contributed by atoms with E-state index in [1.807, 2.05) is 31.2 Å². The predicted molar refractivity (Wildman–Crippen MR) is 62.5 cm³/mol. The van der Waals surface area contributed by atoms with E-state index in [0.29, 0.717) is 12.3 Å². The lowest BCUT2D eigenvalue weighted by molar-refractivity contribution is 0.0520. The Hall–Kier alpha value is -2.17.